The van der Waals surface area contributed by atoms with Gasteiger partial charge in [0.25, 0.3) is 0 Å². The van der Waals surface area contributed by atoms with Crippen LogP contribution in [0.25, 0.3) is 11.3 Å². The fourth-order valence-corrected chi connectivity index (χ4v) is 4.04. The van der Waals surface area contributed by atoms with Crippen molar-refractivity contribution in [2.75, 3.05) is 18.6 Å². The first-order valence-corrected chi connectivity index (χ1v) is 10.2. The first-order chi connectivity index (χ1) is 14.5. The fourth-order valence-electron chi connectivity index (χ4n) is 4.04. The molecule has 0 saturated carbocycles. The number of carboxylic acids is 1. The Morgan fingerprint density at radius 2 is 1.97 bits per heavy atom. The molecule has 1 N–H and O–H groups in total. The molecule has 0 fully saturated rings. The van der Waals surface area contributed by atoms with Crippen LogP contribution in [0.2, 0.25) is 0 Å². The molecule has 1 aliphatic rings. The van der Waals surface area contributed by atoms with Crippen LogP contribution in [-0.2, 0) is 13.0 Å². The van der Waals surface area contributed by atoms with Gasteiger partial charge in [-0.15, -0.1) is 5.10 Å². The lowest BCUT2D eigenvalue weighted by Gasteiger charge is -2.35. The zero-order valence-corrected chi connectivity index (χ0v) is 17.5. The lowest BCUT2D eigenvalue weighted by atomic mass is 9.97. The van der Waals surface area contributed by atoms with Crippen LogP contribution in [0.15, 0.2) is 42.5 Å². The molecule has 0 spiro atoms. The summed E-state index contributed by atoms with van der Waals surface area (Å²) in [4.78, 5) is 14.2. The van der Waals surface area contributed by atoms with Crippen LogP contribution in [0.4, 0.5) is 5.69 Å². The van der Waals surface area contributed by atoms with Gasteiger partial charge in [0.2, 0.25) is 0 Å². The number of nitrogens with zero attached hydrogens (tertiary/aromatic N) is 4. The summed E-state index contributed by atoms with van der Waals surface area (Å²) in [6.07, 6.45) is 2.16. The second kappa shape index (κ2) is 8.18. The topological polar surface area (TPSA) is 80.5 Å². The number of carbonyl (C=O) groups is 1. The molecule has 2 aromatic carbocycles. The van der Waals surface area contributed by atoms with Gasteiger partial charge in [-0.05, 0) is 56.0 Å². The molecule has 0 saturated heterocycles. The number of aromatic carboxylic acids is 1. The summed E-state index contributed by atoms with van der Waals surface area (Å²) in [6, 6.07) is 14.2. The average Bonchev–Trinajstić information content (AvgIpc) is 3.17. The lowest BCUT2D eigenvalue weighted by molar-refractivity contribution is 0.0691. The lowest BCUT2D eigenvalue weighted by Crippen LogP contribution is -2.35. The van der Waals surface area contributed by atoms with Crippen molar-refractivity contribution in [3.63, 3.8) is 0 Å². The molecule has 4 rings (SSSR count). The van der Waals surface area contributed by atoms with E-state index in [1.54, 1.807) is 11.8 Å². The van der Waals surface area contributed by atoms with Crippen molar-refractivity contribution in [2.45, 2.75) is 39.3 Å². The van der Waals surface area contributed by atoms with Crippen LogP contribution in [0.1, 0.15) is 41.9 Å². The number of aromatic nitrogens is 3. The molecule has 1 aromatic heterocycles. The van der Waals surface area contributed by atoms with E-state index in [9.17, 15) is 9.90 Å². The van der Waals surface area contributed by atoms with Gasteiger partial charge in [-0.1, -0.05) is 29.5 Å². The van der Waals surface area contributed by atoms with E-state index in [1.165, 1.54) is 11.3 Å². The molecule has 2 heterocycles. The average molecular weight is 406 g/mol. The van der Waals surface area contributed by atoms with Gasteiger partial charge in [0, 0.05) is 23.8 Å². The maximum atomic E-state index is 11.9. The van der Waals surface area contributed by atoms with Gasteiger partial charge in [0.15, 0.2) is 5.69 Å². The van der Waals surface area contributed by atoms with E-state index in [-0.39, 0.29) is 5.69 Å². The third-order valence-corrected chi connectivity index (χ3v) is 5.57. The second-order valence-corrected chi connectivity index (χ2v) is 7.83. The number of benzene rings is 2. The van der Waals surface area contributed by atoms with Crippen molar-refractivity contribution in [1.82, 2.24) is 15.0 Å². The molecule has 30 heavy (non-hydrogen) atoms. The SMILES string of the molecule is COc1ccc(Cn2nnc(C(=O)O)c2-c2ccc3c(c2)N(C(C)C)CCC3)cc1. The van der Waals surface area contributed by atoms with Gasteiger partial charge in [-0.2, -0.15) is 0 Å². The molecule has 0 bridgehead atoms. The molecule has 0 radical (unpaired) electrons. The molecule has 0 atom stereocenters. The number of carboxylic acid groups (broad SMARTS) is 1. The maximum Gasteiger partial charge on any atom is 0.358 e. The van der Waals surface area contributed by atoms with Crippen molar-refractivity contribution in [1.29, 1.82) is 0 Å². The van der Waals surface area contributed by atoms with Crippen LogP contribution in [-0.4, -0.2) is 45.8 Å². The van der Waals surface area contributed by atoms with E-state index in [4.69, 9.17) is 4.74 Å². The third-order valence-electron chi connectivity index (χ3n) is 5.57. The molecule has 0 amide bonds. The molecule has 0 unspecified atom stereocenters. The van der Waals surface area contributed by atoms with Gasteiger partial charge in [0.05, 0.1) is 13.7 Å². The van der Waals surface area contributed by atoms with Crippen molar-refractivity contribution >= 4 is 11.7 Å². The van der Waals surface area contributed by atoms with Crippen molar-refractivity contribution in [3.8, 4) is 17.0 Å². The van der Waals surface area contributed by atoms with E-state index < -0.39 is 5.97 Å². The smallest absolute Gasteiger partial charge is 0.358 e. The fraction of sp³-hybridized carbons (Fsp3) is 0.348. The van der Waals surface area contributed by atoms with Gasteiger partial charge in [-0.25, -0.2) is 9.48 Å². The van der Waals surface area contributed by atoms with Crippen LogP contribution >= 0.6 is 0 Å². The Morgan fingerprint density at radius 1 is 1.20 bits per heavy atom. The zero-order chi connectivity index (χ0) is 21.3. The quantitative estimate of drug-likeness (QED) is 0.670. The summed E-state index contributed by atoms with van der Waals surface area (Å²) in [5.41, 5.74) is 4.76. The molecule has 1 aliphatic heterocycles. The van der Waals surface area contributed by atoms with Crippen LogP contribution in [0.5, 0.6) is 5.75 Å². The summed E-state index contributed by atoms with van der Waals surface area (Å²) in [6.45, 7) is 5.79. The summed E-state index contributed by atoms with van der Waals surface area (Å²) < 4.78 is 6.88. The summed E-state index contributed by atoms with van der Waals surface area (Å²) in [5.74, 6) is -0.309. The van der Waals surface area contributed by atoms with E-state index in [0.717, 1.165) is 36.3 Å². The van der Waals surface area contributed by atoms with Gasteiger partial charge >= 0.3 is 5.97 Å². The Labute approximate surface area is 175 Å². The Hall–Kier alpha value is -3.35. The van der Waals surface area contributed by atoms with Crippen molar-refractivity contribution in [3.05, 3.63) is 59.3 Å². The largest absolute Gasteiger partial charge is 0.497 e. The summed E-state index contributed by atoms with van der Waals surface area (Å²) in [7, 11) is 1.63. The highest BCUT2D eigenvalue weighted by Gasteiger charge is 2.24. The Bertz CT molecular complexity index is 1060. The highest BCUT2D eigenvalue weighted by atomic mass is 16.5. The minimum atomic E-state index is -1.08. The van der Waals surface area contributed by atoms with E-state index in [2.05, 4.69) is 41.2 Å². The predicted octanol–water partition coefficient (Wildman–Crippen LogP) is 3.86. The van der Waals surface area contributed by atoms with E-state index in [0.29, 0.717) is 18.3 Å². The second-order valence-electron chi connectivity index (χ2n) is 7.83. The minimum absolute atomic E-state index is 0.0321. The van der Waals surface area contributed by atoms with E-state index >= 15 is 0 Å². The number of hydrogen-bond acceptors (Lipinski definition) is 5. The van der Waals surface area contributed by atoms with Gasteiger partial charge < -0.3 is 14.7 Å². The number of aryl methyl sites for hydroxylation is 1. The normalized spacial score (nSPS) is 13.4. The number of fused-ring (bicyclic) bond motifs is 1. The molecule has 156 valence electrons. The molecule has 3 aromatic rings. The molecular formula is C23H26N4O3. The summed E-state index contributed by atoms with van der Waals surface area (Å²) in [5, 5.41) is 17.8. The molecule has 7 nitrogen and oxygen atoms in total. The zero-order valence-electron chi connectivity index (χ0n) is 17.5. The number of anilines is 1. The Morgan fingerprint density at radius 3 is 2.63 bits per heavy atom. The highest BCUT2D eigenvalue weighted by Crippen LogP contribution is 2.34. The van der Waals surface area contributed by atoms with Crippen LogP contribution in [0, 0.1) is 0 Å². The monoisotopic (exact) mass is 406 g/mol. The molecule has 0 aliphatic carbocycles. The standard InChI is InChI=1S/C23H26N4O3/c1-15(2)26-12-4-5-17-8-9-18(13-20(17)26)22-21(23(28)29)24-25-27(22)14-16-6-10-19(30-3)11-7-16/h6-11,13,15H,4-5,12,14H2,1-3H3,(H,28,29). The Balaban J connectivity index is 1.77. The first kappa shape index (κ1) is 19.9. The molecular weight excluding hydrogens is 380 g/mol. The number of methoxy groups -OCH3 is 1. The first-order valence-electron chi connectivity index (χ1n) is 10.2. The molecule has 7 heteroatoms. The van der Waals surface area contributed by atoms with Crippen LogP contribution < -0.4 is 9.64 Å². The number of ether oxygens (including phenoxy) is 1. The summed E-state index contributed by atoms with van der Waals surface area (Å²) >= 11 is 0. The third kappa shape index (κ3) is 3.75. The van der Waals surface area contributed by atoms with Crippen LogP contribution in [0.3, 0.4) is 0 Å². The van der Waals surface area contributed by atoms with Gasteiger partial charge in [-0.3, -0.25) is 0 Å². The number of hydrogen-bond donors (Lipinski definition) is 1. The Kier molecular flexibility index (Phi) is 5.44. The number of rotatable bonds is 6. The minimum Gasteiger partial charge on any atom is -0.497 e. The van der Waals surface area contributed by atoms with Crippen molar-refractivity contribution in [2.24, 2.45) is 0 Å². The predicted molar refractivity (Wildman–Crippen MR) is 115 cm³/mol. The van der Waals surface area contributed by atoms with Crippen molar-refractivity contribution < 1.29 is 14.6 Å². The van der Waals surface area contributed by atoms with E-state index in [1.807, 2.05) is 30.3 Å². The maximum absolute atomic E-state index is 11.9. The van der Waals surface area contributed by atoms with Gasteiger partial charge in [0.1, 0.15) is 11.4 Å². The highest BCUT2D eigenvalue weighted by molar-refractivity contribution is 5.93.